The quantitative estimate of drug-likeness (QED) is 0.652. The molecule has 1 aliphatic heterocycles. The lowest BCUT2D eigenvalue weighted by Crippen LogP contribution is -2.29. The van der Waals surface area contributed by atoms with Crippen molar-refractivity contribution in [2.24, 2.45) is 0 Å². The van der Waals surface area contributed by atoms with Gasteiger partial charge < -0.3 is 9.30 Å². The van der Waals surface area contributed by atoms with Gasteiger partial charge in [-0.25, -0.2) is 0 Å². The predicted molar refractivity (Wildman–Crippen MR) is 48.4 cm³/mol. The number of nitrogens with zero attached hydrogens (tertiary/aromatic N) is 2. The number of rotatable bonds is 1. The average molecular weight is 173 g/mol. The van der Waals surface area contributed by atoms with Crippen LogP contribution in [0.5, 0.6) is 0 Å². The van der Waals surface area contributed by atoms with E-state index in [1.165, 1.54) is 5.52 Å². The van der Waals surface area contributed by atoms with E-state index in [0.717, 1.165) is 18.6 Å². The number of hydrogen-bond donors (Lipinski definition) is 0. The van der Waals surface area contributed by atoms with Crippen LogP contribution in [0.4, 0.5) is 0 Å². The minimum Gasteiger partial charge on any atom is -0.377 e. The predicted octanol–water partition coefficient (Wildman–Crippen LogP) is 1.41. The first kappa shape index (κ1) is 7.09. The third kappa shape index (κ3) is 0.971. The highest BCUT2D eigenvalue weighted by atomic mass is 16.5. The molecule has 0 saturated carbocycles. The lowest BCUT2D eigenvalue weighted by atomic mass is 10.2. The summed E-state index contributed by atoms with van der Waals surface area (Å²) < 4.78 is 7.37. The van der Waals surface area contributed by atoms with Gasteiger partial charge in [0.05, 0.1) is 24.8 Å². The molecule has 65 valence electrons. The van der Waals surface area contributed by atoms with Gasteiger partial charge in [0.2, 0.25) is 0 Å². The number of hydrogen-bond acceptors (Lipinski definition) is 2. The van der Waals surface area contributed by atoms with Gasteiger partial charge in [-0.15, -0.1) is 0 Å². The van der Waals surface area contributed by atoms with Crippen LogP contribution >= 0.6 is 0 Å². The van der Waals surface area contributed by atoms with E-state index in [-0.39, 0.29) is 0 Å². The molecule has 0 atom stereocenters. The van der Waals surface area contributed by atoms with Crippen molar-refractivity contribution in [1.29, 1.82) is 0 Å². The molecule has 0 unspecified atom stereocenters. The summed E-state index contributed by atoms with van der Waals surface area (Å²) in [5.74, 6) is 0. The highest BCUT2D eigenvalue weighted by Crippen LogP contribution is 2.23. The van der Waals surface area contributed by atoms with Crippen LogP contribution in [-0.4, -0.2) is 22.8 Å². The zero-order chi connectivity index (χ0) is 8.67. The van der Waals surface area contributed by atoms with E-state index < -0.39 is 0 Å². The molecule has 1 radical (unpaired) electrons. The smallest absolute Gasteiger partial charge is 0.0804 e. The summed E-state index contributed by atoms with van der Waals surface area (Å²) in [6.45, 7) is 1.64. The molecule has 0 aliphatic carbocycles. The van der Waals surface area contributed by atoms with E-state index in [1.54, 1.807) is 0 Å². The minimum atomic E-state index is 0.496. The van der Waals surface area contributed by atoms with E-state index in [2.05, 4.69) is 15.6 Å². The minimum absolute atomic E-state index is 0.496. The largest absolute Gasteiger partial charge is 0.377 e. The first-order valence-corrected chi connectivity index (χ1v) is 4.35. The second kappa shape index (κ2) is 2.57. The molecular weight excluding hydrogens is 164 g/mol. The molecule has 0 spiro atoms. The van der Waals surface area contributed by atoms with Gasteiger partial charge in [0.15, 0.2) is 0 Å². The summed E-state index contributed by atoms with van der Waals surface area (Å²) in [5.41, 5.74) is 1.20. The van der Waals surface area contributed by atoms with Crippen molar-refractivity contribution in [3.05, 3.63) is 30.7 Å². The summed E-state index contributed by atoms with van der Waals surface area (Å²) in [6, 6.07) is 5.70. The standard InChI is InChI=1S/C10H9N2O/c1-3-11-5-8-2-4-12(10(1)8)9-6-13-7-9/h1,3-5,9H,6-7H2. The Labute approximate surface area is 76.0 Å². The zero-order valence-electron chi connectivity index (χ0n) is 7.10. The molecule has 3 nitrogen and oxygen atoms in total. The van der Waals surface area contributed by atoms with Crippen LogP contribution < -0.4 is 0 Å². The van der Waals surface area contributed by atoms with E-state index >= 15 is 0 Å². The third-order valence-corrected chi connectivity index (χ3v) is 2.45. The molecule has 0 aromatic carbocycles. The summed E-state index contributed by atoms with van der Waals surface area (Å²) in [5, 5.41) is 1.08. The number of ether oxygens (including phenoxy) is 1. The molecule has 1 fully saturated rings. The molecule has 3 heteroatoms. The van der Waals surface area contributed by atoms with Crippen LogP contribution in [0.1, 0.15) is 6.04 Å². The van der Waals surface area contributed by atoms with Crippen LogP contribution in [0.15, 0.2) is 24.7 Å². The van der Waals surface area contributed by atoms with Gasteiger partial charge in [0, 0.05) is 30.0 Å². The van der Waals surface area contributed by atoms with Gasteiger partial charge in [0.1, 0.15) is 0 Å². The molecule has 0 amide bonds. The van der Waals surface area contributed by atoms with Crippen LogP contribution in [-0.2, 0) is 4.74 Å². The topological polar surface area (TPSA) is 27.1 Å². The molecule has 3 heterocycles. The zero-order valence-corrected chi connectivity index (χ0v) is 7.10. The Kier molecular flexibility index (Phi) is 1.40. The van der Waals surface area contributed by atoms with Crippen molar-refractivity contribution in [2.75, 3.05) is 13.2 Å². The molecule has 3 rings (SSSR count). The van der Waals surface area contributed by atoms with Gasteiger partial charge in [0.25, 0.3) is 0 Å². The highest BCUT2D eigenvalue weighted by molar-refractivity contribution is 5.78. The van der Waals surface area contributed by atoms with Gasteiger partial charge >= 0.3 is 0 Å². The summed E-state index contributed by atoms with van der Waals surface area (Å²) in [7, 11) is 0. The fourth-order valence-corrected chi connectivity index (χ4v) is 1.62. The van der Waals surface area contributed by atoms with Crippen molar-refractivity contribution in [3.8, 4) is 0 Å². The van der Waals surface area contributed by atoms with Gasteiger partial charge in [-0.05, 0) is 6.07 Å². The fraction of sp³-hybridized carbons (Fsp3) is 0.300. The van der Waals surface area contributed by atoms with Crippen LogP contribution in [0.3, 0.4) is 0 Å². The second-order valence-corrected chi connectivity index (χ2v) is 3.26. The van der Waals surface area contributed by atoms with Crippen molar-refractivity contribution >= 4 is 10.9 Å². The summed E-state index contributed by atoms with van der Waals surface area (Å²) in [4.78, 5) is 4.05. The Hall–Kier alpha value is -1.35. The normalized spacial score (nSPS) is 17.5. The van der Waals surface area contributed by atoms with Crippen LogP contribution in [0.2, 0.25) is 0 Å². The molecule has 13 heavy (non-hydrogen) atoms. The number of pyridine rings is 1. The summed E-state index contributed by atoms with van der Waals surface area (Å²) in [6.07, 6.45) is 5.64. The number of fused-ring (bicyclic) bond motifs is 1. The first-order chi connectivity index (χ1) is 6.45. The Morgan fingerprint density at radius 2 is 2.46 bits per heavy atom. The maximum atomic E-state index is 5.16. The fourth-order valence-electron chi connectivity index (χ4n) is 1.62. The lowest BCUT2D eigenvalue weighted by molar-refractivity contribution is -0.0214. The maximum absolute atomic E-state index is 5.16. The van der Waals surface area contributed by atoms with Gasteiger partial charge in [-0.1, -0.05) is 0 Å². The molecule has 2 aromatic rings. The van der Waals surface area contributed by atoms with E-state index in [1.807, 2.05) is 24.7 Å². The molecule has 1 saturated heterocycles. The Bertz CT molecular complexity index is 431. The van der Waals surface area contributed by atoms with E-state index in [4.69, 9.17) is 4.74 Å². The van der Waals surface area contributed by atoms with Crippen molar-refractivity contribution < 1.29 is 4.74 Å². The Balaban J connectivity index is 2.17. The van der Waals surface area contributed by atoms with Crippen LogP contribution in [0.25, 0.3) is 10.9 Å². The number of aromatic nitrogens is 2. The Morgan fingerprint density at radius 3 is 3.23 bits per heavy atom. The summed E-state index contributed by atoms with van der Waals surface area (Å²) >= 11 is 0. The van der Waals surface area contributed by atoms with E-state index in [0.29, 0.717) is 6.04 Å². The maximum Gasteiger partial charge on any atom is 0.0804 e. The highest BCUT2D eigenvalue weighted by Gasteiger charge is 2.20. The SMILES string of the molecule is [c]1cn(C2COC2)c2ccncc12. The van der Waals surface area contributed by atoms with Crippen molar-refractivity contribution in [2.45, 2.75) is 6.04 Å². The Morgan fingerprint density at radius 1 is 1.54 bits per heavy atom. The van der Waals surface area contributed by atoms with Crippen molar-refractivity contribution in [1.82, 2.24) is 9.55 Å². The van der Waals surface area contributed by atoms with Gasteiger partial charge in [-0.2, -0.15) is 0 Å². The molecule has 0 bridgehead atoms. The first-order valence-electron chi connectivity index (χ1n) is 4.35. The second-order valence-electron chi connectivity index (χ2n) is 3.26. The molecule has 0 N–H and O–H groups in total. The third-order valence-electron chi connectivity index (χ3n) is 2.45. The van der Waals surface area contributed by atoms with Crippen molar-refractivity contribution in [3.63, 3.8) is 0 Å². The molecular formula is C10H9N2O. The lowest BCUT2D eigenvalue weighted by Gasteiger charge is -2.28. The molecule has 2 aromatic heterocycles. The monoisotopic (exact) mass is 173 g/mol. The van der Waals surface area contributed by atoms with Gasteiger partial charge in [-0.3, -0.25) is 4.98 Å². The average Bonchev–Trinajstić information content (AvgIpc) is 2.47. The molecule has 1 aliphatic rings. The van der Waals surface area contributed by atoms with E-state index in [9.17, 15) is 0 Å². The van der Waals surface area contributed by atoms with Crippen LogP contribution in [0, 0.1) is 6.07 Å².